The van der Waals surface area contributed by atoms with Gasteiger partial charge >= 0.3 is 0 Å². The van der Waals surface area contributed by atoms with Crippen LogP contribution >= 0.6 is 11.6 Å². The maximum absolute atomic E-state index is 5.83. The topological polar surface area (TPSA) is 0 Å². The van der Waals surface area contributed by atoms with Crippen molar-refractivity contribution in [3.63, 3.8) is 0 Å². The van der Waals surface area contributed by atoms with Gasteiger partial charge in [0, 0.05) is 5.02 Å². The fourth-order valence-electron chi connectivity index (χ4n) is 1.62. The Kier molecular flexibility index (Phi) is 4.80. The molecule has 2 rings (SSSR count). The van der Waals surface area contributed by atoms with Crippen LogP contribution in [0.5, 0.6) is 0 Å². The van der Waals surface area contributed by atoms with Crippen molar-refractivity contribution in [2.75, 3.05) is 0 Å². The molecule has 0 aliphatic rings. The summed E-state index contributed by atoms with van der Waals surface area (Å²) in [6.45, 7) is 0. The van der Waals surface area contributed by atoms with E-state index in [-0.39, 0.29) is 0 Å². The first-order valence-corrected chi connectivity index (χ1v) is 6.36. The van der Waals surface area contributed by atoms with Gasteiger partial charge in [0.25, 0.3) is 0 Å². The second-order valence-corrected chi connectivity index (χ2v) is 4.44. The highest BCUT2D eigenvalue weighted by molar-refractivity contribution is 6.30. The van der Waals surface area contributed by atoms with Gasteiger partial charge < -0.3 is 0 Å². The molecule has 0 unspecified atom stereocenters. The van der Waals surface area contributed by atoms with E-state index < -0.39 is 0 Å². The Morgan fingerprint density at radius 2 is 1.28 bits per heavy atom. The summed E-state index contributed by atoms with van der Waals surface area (Å²) in [7, 11) is 0. The Balaban J connectivity index is 1.85. The molecular formula is C17H15Cl. The van der Waals surface area contributed by atoms with Crippen LogP contribution in [0, 0.1) is 0 Å². The van der Waals surface area contributed by atoms with E-state index >= 15 is 0 Å². The van der Waals surface area contributed by atoms with Crippen molar-refractivity contribution in [3.05, 3.63) is 82.9 Å². The Labute approximate surface area is 113 Å². The van der Waals surface area contributed by atoms with E-state index in [1.54, 1.807) is 0 Å². The molecule has 0 spiro atoms. The van der Waals surface area contributed by atoms with Crippen LogP contribution in [0.4, 0.5) is 0 Å². The number of allylic oxidation sites excluding steroid dienone is 2. The number of benzene rings is 2. The van der Waals surface area contributed by atoms with Crippen LogP contribution < -0.4 is 0 Å². The van der Waals surface area contributed by atoms with Crippen LogP contribution in [0.25, 0.3) is 12.2 Å². The van der Waals surface area contributed by atoms with Crippen LogP contribution in [-0.4, -0.2) is 0 Å². The van der Waals surface area contributed by atoms with E-state index in [9.17, 15) is 0 Å². The minimum absolute atomic E-state index is 0.774. The van der Waals surface area contributed by atoms with E-state index in [1.165, 1.54) is 11.1 Å². The predicted octanol–water partition coefficient (Wildman–Crippen LogP) is 5.46. The van der Waals surface area contributed by atoms with Crippen LogP contribution in [0.3, 0.4) is 0 Å². The summed E-state index contributed by atoms with van der Waals surface area (Å²) in [5.41, 5.74) is 2.41. The third-order valence-corrected chi connectivity index (χ3v) is 2.81. The fourth-order valence-corrected chi connectivity index (χ4v) is 1.75. The maximum Gasteiger partial charge on any atom is 0.0406 e. The summed E-state index contributed by atoms with van der Waals surface area (Å²) in [5, 5.41) is 0.774. The number of hydrogen-bond donors (Lipinski definition) is 0. The molecule has 0 bridgehead atoms. The van der Waals surface area contributed by atoms with Gasteiger partial charge in [-0.1, -0.05) is 78.4 Å². The first-order valence-electron chi connectivity index (χ1n) is 5.98. The zero-order chi connectivity index (χ0) is 12.6. The molecule has 0 aliphatic heterocycles. The van der Waals surface area contributed by atoms with Crippen molar-refractivity contribution in [1.82, 2.24) is 0 Å². The molecule has 2 aromatic carbocycles. The summed E-state index contributed by atoms with van der Waals surface area (Å²) < 4.78 is 0. The van der Waals surface area contributed by atoms with Crippen LogP contribution in [-0.2, 0) is 0 Å². The van der Waals surface area contributed by atoms with Crippen molar-refractivity contribution < 1.29 is 0 Å². The smallest absolute Gasteiger partial charge is 0.0406 e. The average Bonchev–Trinajstić information content (AvgIpc) is 2.42. The number of rotatable bonds is 4. The lowest BCUT2D eigenvalue weighted by molar-refractivity contribution is 1.42. The van der Waals surface area contributed by atoms with Gasteiger partial charge in [0.1, 0.15) is 0 Å². The third-order valence-electron chi connectivity index (χ3n) is 2.56. The molecule has 1 heteroatoms. The van der Waals surface area contributed by atoms with Crippen molar-refractivity contribution in [2.45, 2.75) is 6.42 Å². The molecule has 0 aliphatic carbocycles. The van der Waals surface area contributed by atoms with Crippen LogP contribution in [0.2, 0.25) is 5.02 Å². The summed E-state index contributed by atoms with van der Waals surface area (Å²) in [5.74, 6) is 0. The molecule has 0 fully saturated rings. The summed E-state index contributed by atoms with van der Waals surface area (Å²) >= 11 is 5.83. The zero-order valence-corrected chi connectivity index (χ0v) is 10.8. The van der Waals surface area contributed by atoms with Gasteiger partial charge in [-0.3, -0.25) is 0 Å². The van der Waals surface area contributed by atoms with Crippen molar-refractivity contribution in [3.8, 4) is 0 Å². The average molecular weight is 255 g/mol. The van der Waals surface area contributed by atoms with Crippen molar-refractivity contribution >= 4 is 23.8 Å². The molecule has 0 atom stereocenters. The van der Waals surface area contributed by atoms with Gasteiger partial charge in [0.15, 0.2) is 0 Å². The highest BCUT2D eigenvalue weighted by atomic mass is 35.5. The molecule has 0 N–H and O–H groups in total. The predicted molar refractivity (Wildman–Crippen MR) is 80.6 cm³/mol. The Morgan fingerprint density at radius 1 is 0.722 bits per heavy atom. The van der Waals surface area contributed by atoms with Crippen molar-refractivity contribution in [1.29, 1.82) is 0 Å². The van der Waals surface area contributed by atoms with E-state index in [0.29, 0.717) is 0 Å². The van der Waals surface area contributed by atoms with Gasteiger partial charge in [-0.25, -0.2) is 0 Å². The molecule has 0 nitrogen and oxygen atoms in total. The van der Waals surface area contributed by atoms with Gasteiger partial charge in [-0.2, -0.15) is 0 Å². The monoisotopic (exact) mass is 254 g/mol. The first kappa shape index (κ1) is 12.7. The molecule has 18 heavy (non-hydrogen) atoms. The standard InChI is InChI=1S/C17H15Cl/c18-17-13-11-16(12-14-17)10-6-2-5-9-15-7-3-1-4-8-15/h1,3-14H,2H2/b9-5+,10-6+. The molecule has 0 aromatic heterocycles. The second-order valence-electron chi connectivity index (χ2n) is 4.00. The van der Waals surface area contributed by atoms with Crippen LogP contribution in [0.1, 0.15) is 17.5 Å². The molecule has 0 saturated heterocycles. The van der Waals surface area contributed by atoms with Gasteiger partial charge in [0.05, 0.1) is 0 Å². The quantitative estimate of drug-likeness (QED) is 0.680. The van der Waals surface area contributed by atoms with E-state index in [2.05, 4.69) is 36.4 Å². The fraction of sp³-hybridized carbons (Fsp3) is 0.0588. The van der Waals surface area contributed by atoms with Gasteiger partial charge in [0.2, 0.25) is 0 Å². The molecule has 0 saturated carbocycles. The summed E-state index contributed by atoms with van der Waals surface area (Å²) in [6, 6.07) is 18.1. The summed E-state index contributed by atoms with van der Waals surface area (Å²) in [4.78, 5) is 0. The van der Waals surface area contributed by atoms with Gasteiger partial charge in [-0.15, -0.1) is 0 Å². The van der Waals surface area contributed by atoms with Crippen molar-refractivity contribution in [2.24, 2.45) is 0 Å². The largest absolute Gasteiger partial charge is 0.0843 e. The third kappa shape index (κ3) is 4.23. The molecule has 2 aromatic rings. The summed E-state index contributed by atoms with van der Waals surface area (Å²) in [6.07, 6.45) is 9.46. The Bertz CT molecular complexity index is 521. The first-order chi connectivity index (χ1) is 8.84. The lowest BCUT2D eigenvalue weighted by Gasteiger charge is -1.93. The Hall–Kier alpha value is -1.79. The van der Waals surface area contributed by atoms with Gasteiger partial charge in [-0.05, 0) is 29.7 Å². The lowest BCUT2D eigenvalue weighted by atomic mass is 10.2. The molecule has 90 valence electrons. The number of halogens is 1. The highest BCUT2D eigenvalue weighted by Crippen LogP contribution is 2.11. The highest BCUT2D eigenvalue weighted by Gasteiger charge is 1.86. The minimum Gasteiger partial charge on any atom is -0.0843 e. The van der Waals surface area contributed by atoms with E-state index in [1.807, 2.05) is 42.5 Å². The normalized spacial score (nSPS) is 11.4. The molecular weight excluding hydrogens is 240 g/mol. The van der Waals surface area contributed by atoms with Crippen LogP contribution in [0.15, 0.2) is 66.7 Å². The Morgan fingerprint density at radius 3 is 1.89 bits per heavy atom. The van der Waals surface area contributed by atoms with E-state index in [0.717, 1.165) is 11.4 Å². The molecule has 0 amide bonds. The van der Waals surface area contributed by atoms with E-state index in [4.69, 9.17) is 11.6 Å². The maximum atomic E-state index is 5.83. The SMILES string of the molecule is Clc1ccc(/C=C/C/C=C/c2ccccc2)cc1. The minimum atomic E-state index is 0.774. The second kappa shape index (κ2) is 6.83. The molecule has 0 heterocycles. The zero-order valence-electron chi connectivity index (χ0n) is 10.1. The lowest BCUT2D eigenvalue weighted by Crippen LogP contribution is -1.70. The number of hydrogen-bond acceptors (Lipinski definition) is 0. The molecule has 0 radical (unpaired) electrons.